The predicted octanol–water partition coefficient (Wildman–Crippen LogP) is 3.87. The van der Waals surface area contributed by atoms with E-state index in [2.05, 4.69) is 34.8 Å². The van der Waals surface area contributed by atoms with Crippen LogP contribution in [0.1, 0.15) is 30.4 Å². The van der Waals surface area contributed by atoms with Gasteiger partial charge in [-0.2, -0.15) is 0 Å². The Hall–Kier alpha value is -2.62. The van der Waals surface area contributed by atoms with Gasteiger partial charge in [-0.05, 0) is 44.2 Å². The van der Waals surface area contributed by atoms with Crippen molar-refractivity contribution in [2.45, 2.75) is 19.9 Å². The van der Waals surface area contributed by atoms with Crippen LogP contribution in [0.4, 0.5) is 5.69 Å². The third-order valence-electron chi connectivity index (χ3n) is 3.47. The molecule has 4 heteroatoms. The van der Waals surface area contributed by atoms with Crippen molar-refractivity contribution in [2.24, 2.45) is 0 Å². The van der Waals surface area contributed by atoms with Gasteiger partial charge in [-0.25, -0.2) is 0 Å². The van der Waals surface area contributed by atoms with Gasteiger partial charge in [0.25, 0.3) is 5.91 Å². The van der Waals surface area contributed by atoms with E-state index in [0.29, 0.717) is 11.7 Å². The molecule has 0 saturated carbocycles. The van der Waals surface area contributed by atoms with Gasteiger partial charge >= 0.3 is 0 Å². The quantitative estimate of drug-likeness (QED) is 0.791. The Balaban J connectivity index is 1.96. The number of pyridine rings is 1. The highest BCUT2D eigenvalue weighted by atomic mass is 16.1. The Morgan fingerprint density at radius 1 is 1.14 bits per heavy atom. The zero-order valence-corrected chi connectivity index (χ0v) is 12.1. The minimum absolute atomic E-state index is 0.194. The van der Waals surface area contributed by atoms with Gasteiger partial charge in [0, 0.05) is 23.8 Å². The first kappa shape index (κ1) is 13.4. The number of hydrogen-bond donors (Lipinski definition) is 1. The Bertz CT molecular complexity index is 775. The van der Waals surface area contributed by atoms with Gasteiger partial charge in [0.2, 0.25) is 0 Å². The molecule has 0 fully saturated rings. The average molecular weight is 279 g/mol. The highest BCUT2D eigenvalue weighted by Gasteiger charge is 2.11. The number of rotatable bonds is 3. The molecular weight excluding hydrogens is 262 g/mol. The standard InChI is InChI=1S/C17H17N3O/c1-12(2)20-11-9-13-14(7-5-8-16(13)20)19-17(21)15-6-3-4-10-18-15/h3-12H,1-2H3,(H,19,21). The fourth-order valence-corrected chi connectivity index (χ4v) is 2.43. The second kappa shape index (κ2) is 5.40. The maximum atomic E-state index is 12.2. The Morgan fingerprint density at radius 2 is 2.00 bits per heavy atom. The van der Waals surface area contributed by atoms with Gasteiger partial charge in [-0.1, -0.05) is 12.1 Å². The highest BCUT2D eigenvalue weighted by Crippen LogP contribution is 2.27. The molecule has 0 radical (unpaired) electrons. The van der Waals surface area contributed by atoms with E-state index in [4.69, 9.17) is 0 Å². The van der Waals surface area contributed by atoms with E-state index in [9.17, 15) is 4.79 Å². The third kappa shape index (κ3) is 2.52. The zero-order valence-electron chi connectivity index (χ0n) is 12.1. The monoisotopic (exact) mass is 279 g/mol. The molecule has 4 nitrogen and oxygen atoms in total. The Labute approximate surface area is 123 Å². The third-order valence-corrected chi connectivity index (χ3v) is 3.47. The second-order valence-electron chi connectivity index (χ2n) is 5.22. The number of fused-ring (bicyclic) bond motifs is 1. The SMILES string of the molecule is CC(C)n1ccc2c(NC(=O)c3ccccn3)cccc21. The second-order valence-corrected chi connectivity index (χ2v) is 5.22. The maximum absolute atomic E-state index is 12.2. The first-order valence-corrected chi connectivity index (χ1v) is 6.99. The molecule has 0 aliphatic heterocycles. The number of amides is 1. The van der Waals surface area contributed by atoms with Gasteiger partial charge in [0.1, 0.15) is 5.69 Å². The number of nitrogens with one attached hydrogen (secondary N) is 1. The molecule has 0 spiro atoms. The van der Waals surface area contributed by atoms with Crippen LogP contribution in [0.3, 0.4) is 0 Å². The van der Waals surface area contributed by atoms with Crippen LogP contribution in [-0.2, 0) is 0 Å². The molecule has 1 N–H and O–H groups in total. The number of anilines is 1. The summed E-state index contributed by atoms with van der Waals surface area (Å²) < 4.78 is 2.19. The Kier molecular flexibility index (Phi) is 3.44. The van der Waals surface area contributed by atoms with E-state index < -0.39 is 0 Å². The van der Waals surface area contributed by atoms with E-state index in [-0.39, 0.29) is 5.91 Å². The molecule has 21 heavy (non-hydrogen) atoms. The lowest BCUT2D eigenvalue weighted by Gasteiger charge is -2.11. The average Bonchev–Trinajstić information content (AvgIpc) is 2.93. The van der Waals surface area contributed by atoms with Crippen LogP contribution in [0.2, 0.25) is 0 Å². The van der Waals surface area contributed by atoms with Crippen LogP contribution in [-0.4, -0.2) is 15.5 Å². The van der Waals surface area contributed by atoms with Crippen molar-refractivity contribution >= 4 is 22.5 Å². The summed E-state index contributed by atoms with van der Waals surface area (Å²) in [5.74, 6) is -0.194. The van der Waals surface area contributed by atoms with Crippen molar-refractivity contribution in [1.82, 2.24) is 9.55 Å². The molecule has 3 aromatic rings. The van der Waals surface area contributed by atoms with E-state index in [1.54, 1.807) is 24.4 Å². The van der Waals surface area contributed by atoms with Crippen molar-refractivity contribution in [3.8, 4) is 0 Å². The topological polar surface area (TPSA) is 46.9 Å². The molecule has 0 atom stereocenters. The summed E-state index contributed by atoms with van der Waals surface area (Å²) in [4.78, 5) is 16.3. The van der Waals surface area contributed by atoms with Gasteiger partial charge < -0.3 is 9.88 Å². The summed E-state index contributed by atoms with van der Waals surface area (Å²) >= 11 is 0. The van der Waals surface area contributed by atoms with Crippen LogP contribution >= 0.6 is 0 Å². The molecule has 1 amide bonds. The van der Waals surface area contributed by atoms with Crippen LogP contribution in [0.5, 0.6) is 0 Å². The smallest absolute Gasteiger partial charge is 0.274 e. The normalized spacial score (nSPS) is 11.0. The summed E-state index contributed by atoms with van der Waals surface area (Å²) in [6, 6.07) is 13.6. The summed E-state index contributed by atoms with van der Waals surface area (Å²) in [5, 5.41) is 3.98. The number of aromatic nitrogens is 2. The van der Waals surface area contributed by atoms with Crippen LogP contribution in [0.15, 0.2) is 54.9 Å². The summed E-state index contributed by atoms with van der Waals surface area (Å²) in [6.45, 7) is 4.27. The molecule has 3 rings (SSSR count). The molecular formula is C17H17N3O. The predicted molar refractivity (Wildman–Crippen MR) is 84.5 cm³/mol. The summed E-state index contributed by atoms with van der Waals surface area (Å²) in [6.07, 6.45) is 3.66. The zero-order chi connectivity index (χ0) is 14.8. The number of nitrogens with zero attached hydrogens (tertiary/aromatic N) is 2. The van der Waals surface area contributed by atoms with Gasteiger partial charge in [0.15, 0.2) is 0 Å². The van der Waals surface area contributed by atoms with Gasteiger partial charge in [0.05, 0.1) is 11.2 Å². The van der Waals surface area contributed by atoms with Crippen LogP contribution in [0, 0.1) is 0 Å². The van der Waals surface area contributed by atoms with E-state index >= 15 is 0 Å². The molecule has 1 aromatic carbocycles. The molecule has 0 saturated heterocycles. The molecule has 0 aliphatic rings. The molecule has 2 aromatic heterocycles. The first-order valence-electron chi connectivity index (χ1n) is 6.99. The maximum Gasteiger partial charge on any atom is 0.274 e. The van der Waals surface area contributed by atoms with Crippen molar-refractivity contribution in [1.29, 1.82) is 0 Å². The van der Waals surface area contributed by atoms with Crippen molar-refractivity contribution < 1.29 is 4.79 Å². The van der Waals surface area contributed by atoms with Crippen molar-refractivity contribution in [2.75, 3.05) is 5.32 Å². The van der Waals surface area contributed by atoms with Crippen molar-refractivity contribution in [3.63, 3.8) is 0 Å². The molecule has 0 aliphatic carbocycles. The summed E-state index contributed by atoms with van der Waals surface area (Å²) in [7, 11) is 0. The number of carbonyl (C=O) groups excluding carboxylic acids is 1. The van der Waals surface area contributed by atoms with E-state index in [1.165, 1.54) is 0 Å². The number of carbonyl (C=O) groups is 1. The Morgan fingerprint density at radius 3 is 2.71 bits per heavy atom. The molecule has 106 valence electrons. The first-order chi connectivity index (χ1) is 10.2. The van der Waals surface area contributed by atoms with Gasteiger partial charge in [-0.3, -0.25) is 9.78 Å². The highest BCUT2D eigenvalue weighted by molar-refractivity contribution is 6.07. The summed E-state index contributed by atoms with van der Waals surface area (Å²) in [5.41, 5.74) is 2.34. The van der Waals surface area contributed by atoms with E-state index in [1.807, 2.05) is 24.4 Å². The van der Waals surface area contributed by atoms with Crippen molar-refractivity contribution in [3.05, 3.63) is 60.6 Å². The number of hydrogen-bond acceptors (Lipinski definition) is 2. The van der Waals surface area contributed by atoms with Gasteiger partial charge in [-0.15, -0.1) is 0 Å². The fourth-order valence-electron chi connectivity index (χ4n) is 2.43. The minimum atomic E-state index is -0.194. The lowest BCUT2D eigenvalue weighted by atomic mass is 10.2. The molecule has 2 heterocycles. The minimum Gasteiger partial charge on any atom is -0.345 e. The lowest BCUT2D eigenvalue weighted by molar-refractivity contribution is 0.102. The largest absolute Gasteiger partial charge is 0.345 e. The molecule has 0 bridgehead atoms. The fraction of sp³-hybridized carbons (Fsp3) is 0.176. The lowest BCUT2D eigenvalue weighted by Crippen LogP contribution is -2.13. The van der Waals surface area contributed by atoms with Crippen LogP contribution < -0.4 is 5.32 Å². The molecule has 0 unspecified atom stereocenters. The van der Waals surface area contributed by atoms with E-state index in [0.717, 1.165) is 16.6 Å². The van der Waals surface area contributed by atoms with Crippen LogP contribution in [0.25, 0.3) is 10.9 Å². The number of benzene rings is 1.